The van der Waals surface area contributed by atoms with Gasteiger partial charge in [0.1, 0.15) is 11.6 Å². The van der Waals surface area contributed by atoms with Gasteiger partial charge >= 0.3 is 0 Å². The highest BCUT2D eigenvalue weighted by molar-refractivity contribution is 5.81. The number of carbonyl (C=O) groups is 1. The summed E-state index contributed by atoms with van der Waals surface area (Å²) in [5.41, 5.74) is 6.41. The van der Waals surface area contributed by atoms with Gasteiger partial charge in [-0.1, -0.05) is 19.8 Å². The number of unbranched alkanes of at least 4 members (excludes halogenated alkanes) is 1. The van der Waals surface area contributed by atoms with Gasteiger partial charge in [-0.2, -0.15) is 0 Å². The smallest absolute Gasteiger partial charge is 0.237 e. The molecule has 0 radical (unpaired) electrons. The lowest BCUT2D eigenvalue weighted by molar-refractivity contribution is -0.123. The van der Waals surface area contributed by atoms with Crippen LogP contribution in [0.15, 0.2) is 18.2 Å². The van der Waals surface area contributed by atoms with Crippen molar-refractivity contribution in [3.05, 3.63) is 29.6 Å². The van der Waals surface area contributed by atoms with Crippen molar-refractivity contribution in [2.24, 2.45) is 5.73 Å². The highest BCUT2D eigenvalue weighted by atomic mass is 19.1. The van der Waals surface area contributed by atoms with Gasteiger partial charge in [-0.3, -0.25) is 4.79 Å². The largest absolute Gasteiger partial charge is 0.496 e. The molecule has 2 atom stereocenters. The average Bonchev–Trinajstić information content (AvgIpc) is 2.44. The molecule has 0 aliphatic carbocycles. The van der Waals surface area contributed by atoms with Crippen molar-refractivity contribution >= 4 is 5.91 Å². The van der Waals surface area contributed by atoms with Crippen LogP contribution < -0.4 is 15.8 Å². The van der Waals surface area contributed by atoms with Gasteiger partial charge in [-0.05, 0) is 31.5 Å². The zero-order valence-electron chi connectivity index (χ0n) is 12.3. The Kier molecular flexibility index (Phi) is 6.45. The molecule has 0 aliphatic heterocycles. The van der Waals surface area contributed by atoms with E-state index in [4.69, 9.17) is 10.5 Å². The van der Waals surface area contributed by atoms with Gasteiger partial charge in [0.2, 0.25) is 5.91 Å². The summed E-state index contributed by atoms with van der Waals surface area (Å²) in [6, 6.07) is 3.34. The number of benzene rings is 1. The van der Waals surface area contributed by atoms with Crippen molar-refractivity contribution in [1.29, 1.82) is 0 Å². The first kappa shape index (κ1) is 16.4. The van der Waals surface area contributed by atoms with Crippen LogP contribution in [0.3, 0.4) is 0 Å². The lowest BCUT2D eigenvalue weighted by Crippen LogP contribution is -2.41. The second-order valence-electron chi connectivity index (χ2n) is 4.87. The number of methoxy groups -OCH3 is 1. The van der Waals surface area contributed by atoms with Crippen LogP contribution in [-0.2, 0) is 4.79 Å². The van der Waals surface area contributed by atoms with Crippen LogP contribution in [0.5, 0.6) is 5.75 Å². The third-order valence-corrected chi connectivity index (χ3v) is 3.22. The zero-order valence-corrected chi connectivity index (χ0v) is 12.3. The molecule has 0 saturated carbocycles. The average molecular weight is 282 g/mol. The number of ether oxygens (including phenoxy) is 1. The van der Waals surface area contributed by atoms with Crippen molar-refractivity contribution < 1.29 is 13.9 Å². The van der Waals surface area contributed by atoms with Crippen LogP contribution in [0.25, 0.3) is 0 Å². The number of nitrogens with one attached hydrogen (secondary N) is 1. The van der Waals surface area contributed by atoms with E-state index in [0.717, 1.165) is 12.8 Å². The Labute approximate surface area is 119 Å². The van der Waals surface area contributed by atoms with Gasteiger partial charge in [-0.25, -0.2) is 4.39 Å². The van der Waals surface area contributed by atoms with E-state index in [2.05, 4.69) is 5.32 Å². The molecule has 0 aromatic heterocycles. The Bertz CT molecular complexity index is 451. The maximum Gasteiger partial charge on any atom is 0.237 e. The minimum atomic E-state index is -0.531. The number of nitrogens with two attached hydrogens (primary N) is 1. The van der Waals surface area contributed by atoms with Crippen molar-refractivity contribution in [1.82, 2.24) is 5.32 Å². The Morgan fingerprint density at radius 3 is 2.80 bits per heavy atom. The predicted octanol–water partition coefficient (Wildman–Crippen LogP) is 2.53. The van der Waals surface area contributed by atoms with E-state index >= 15 is 0 Å². The molecule has 3 N–H and O–H groups in total. The van der Waals surface area contributed by atoms with Crippen molar-refractivity contribution in [3.8, 4) is 5.75 Å². The zero-order chi connectivity index (χ0) is 15.1. The van der Waals surface area contributed by atoms with Gasteiger partial charge in [0.25, 0.3) is 0 Å². The summed E-state index contributed by atoms with van der Waals surface area (Å²) in [7, 11) is 1.51. The molecule has 0 bridgehead atoms. The fourth-order valence-electron chi connectivity index (χ4n) is 2.00. The lowest BCUT2D eigenvalue weighted by Gasteiger charge is -2.19. The van der Waals surface area contributed by atoms with Gasteiger partial charge < -0.3 is 15.8 Å². The Hall–Kier alpha value is -1.62. The SMILES string of the molecule is CCCC[C@H](N)C(=O)NC(C)c1cc(F)ccc1OC. The summed E-state index contributed by atoms with van der Waals surface area (Å²) in [4.78, 5) is 11.9. The highest BCUT2D eigenvalue weighted by Gasteiger charge is 2.18. The van der Waals surface area contributed by atoms with Crippen molar-refractivity contribution in [3.63, 3.8) is 0 Å². The van der Waals surface area contributed by atoms with E-state index in [1.54, 1.807) is 13.0 Å². The minimum Gasteiger partial charge on any atom is -0.496 e. The van der Waals surface area contributed by atoms with Crippen molar-refractivity contribution in [2.45, 2.75) is 45.2 Å². The highest BCUT2D eigenvalue weighted by Crippen LogP contribution is 2.25. The van der Waals surface area contributed by atoms with Crippen LogP contribution in [0.4, 0.5) is 4.39 Å². The molecule has 0 aliphatic rings. The first-order chi connectivity index (χ1) is 9.49. The van der Waals surface area contributed by atoms with Crippen LogP contribution in [-0.4, -0.2) is 19.1 Å². The second kappa shape index (κ2) is 7.85. The summed E-state index contributed by atoms with van der Waals surface area (Å²) in [6.07, 6.45) is 2.55. The standard InChI is InChI=1S/C15H23FN2O2/c1-4-5-6-13(17)15(19)18-10(2)12-9-11(16)7-8-14(12)20-3/h7-10,13H,4-6,17H2,1-3H3,(H,18,19)/t10?,13-/m0/s1. The van der Waals surface area contributed by atoms with E-state index in [0.29, 0.717) is 17.7 Å². The number of rotatable bonds is 7. The number of hydrogen-bond acceptors (Lipinski definition) is 3. The van der Waals surface area contributed by atoms with Gasteiger partial charge in [0, 0.05) is 5.56 Å². The number of hydrogen-bond donors (Lipinski definition) is 2. The van der Waals surface area contributed by atoms with E-state index in [9.17, 15) is 9.18 Å². The molecule has 4 nitrogen and oxygen atoms in total. The first-order valence-electron chi connectivity index (χ1n) is 6.89. The lowest BCUT2D eigenvalue weighted by atomic mass is 10.1. The van der Waals surface area contributed by atoms with Crippen LogP contribution in [0, 0.1) is 5.82 Å². The number of amides is 1. The summed E-state index contributed by atoms with van der Waals surface area (Å²) >= 11 is 0. The molecule has 0 saturated heterocycles. The maximum atomic E-state index is 13.3. The third kappa shape index (κ3) is 4.49. The molecule has 0 heterocycles. The fraction of sp³-hybridized carbons (Fsp3) is 0.533. The molecule has 0 fully saturated rings. The molecule has 1 amide bonds. The minimum absolute atomic E-state index is 0.225. The predicted molar refractivity (Wildman–Crippen MR) is 77.0 cm³/mol. The Balaban J connectivity index is 2.73. The summed E-state index contributed by atoms with van der Waals surface area (Å²) in [6.45, 7) is 3.83. The molecule has 1 unspecified atom stereocenters. The molecule has 1 aromatic rings. The van der Waals surface area contributed by atoms with E-state index < -0.39 is 6.04 Å². The fourth-order valence-corrected chi connectivity index (χ4v) is 2.00. The Morgan fingerprint density at radius 1 is 1.50 bits per heavy atom. The monoisotopic (exact) mass is 282 g/mol. The van der Waals surface area contributed by atoms with Crippen molar-refractivity contribution in [2.75, 3.05) is 7.11 Å². The van der Waals surface area contributed by atoms with E-state index in [-0.39, 0.29) is 17.8 Å². The normalized spacial score (nSPS) is 13.7. The van der Waals surface area contributed by atoms with Gasteiger partial charge in [0.05, 0.1) is 19.2 Å². The molecule has 1 aromatic carbocycles. The van der Waals surface area contributed by atoms with E-state index in [1.807, 2.05) is 6.92 Å². The van der Waals surface area contributed by atoms with Gasteiger partial charge in [0.15, 0.2) is 0 Å². The maximum absolute atomic E-state index is 13.3. The van der Waals surface area contributed by atoms with E-state index in [1.165, 1.54) is 19.2 Å². The Morgan fingerprint density at radius 2 is 2.20 bits per heavy atom. The summed E-state index contributed by atoms with van der Waals surface area (Å²) < 4.78 is 18.5. The number of carbonyl (C=O) groups excluding carboxylic acids is 1. The molecule has 0 spiro atoms. The van der Waals surface area contributed by atoms with Crippen LogP contribution >= 0.6 is 0 Å². The molecule has 1 rings (SSSR count). The first-order valence-corrected chi connectivity index (χ1v) is 6.89. The summed E-state index contributed by atoms with van der Waals surface area (Å²) in [5.74, 6) is -0.0456. The van der Waals surface area contributed by atoms with Crippen LogP contribution in [0.2, 0.25) is 0 Å². The number of halogens is 1. The second-order valence-corrected chi connectivity index (χ2v) is 4.87. The third-order valence-electron chi connectivity index (χ3n) is 3.22. The topological polar surface area (TPSA) is 64.4 Å². The molecular weight excluding hydrogens is 259 g/mol. The molecular formula is C15H23FN2O2. The molecule has 20 heavy (non-hydrogen) atoms. The summed E-state index contributed by atoms with van der Waals surface area (Å²) in [5, 5.41) is 2.80. The molecule has 5 heteroatoms. The molecule has 112 valence electrons. The van der Waals surface area contributed by atoms with Crippen LogP contribution in [0.1, 0.15) is 44.7 Å². The van der Waals surface area contributed by atoms with Gasteiger partial charge in [-0.15, -0.1) is 0 Å². The quantitative estimate of drug-likeness (QED) is 0.807.